The highest BCUT2D eigenvalue weighted by molar-refractivity contribution is 5.69. The Morgan fingerprint density at radius 3 is 2.62 bits per heavy atom. The molecule has 2 aromatic rings. The van der Waals surface area contributed by atoms with Crippen molar-refractivity contribution in [2.45, 2.75) is 37.8 Å². The molecular formula is C17H20N4O3. The van der Waals surface area contributed by atoms with E-state index in [-0.39, 0.29) is 6.09 Å². The molecule has 7 nitrogen and oxygen atoms in total. The average molecular weight is 328 g/mol. The van der Waals surface area contributed by atoms with Crippen molar-refractivity contribution in [2.24, 2.45) is 0 Å². The topological polar surface area (TPSA) is 80.5 Å². The highest BCUT2D eigenvalue weighted by Crippen LogP contribution is 2.27. The molecule has 0 radical (unpaired) electrons. The lowest BCUT2D eigenvalue weighted by Crippen LogP contribution is -2.41. The number of hydrogen-bond donors (Lipinski definition) is 1. The molecule has 126 valence electrons. The van der Waals surface area contributed by atoms with Crippen molar-refractivity contribution in [3.8, 4) is 11.5 Å². The summed E-state index contributed by atoms with van der Waals surface area (Å²) in [6.45, 7) is 1.23. The maximum absolute atomic E-state index is 11.6. The minimum atomic E-state index is -0.169. The van der Waals surface area contributed by atoms with Crippen LogP contribution in [0.1, 0.15) is 25.7 Å². The van der Waals surface area contributed by atoms with Crippen LogP contribution in [0.4, 0.5) is 10.7 Å². The number of aromatic nitrogens is 2. The molecule has 1 saturated carbocycles. The number of hydrogen-bond acceptors (Lipinski definition) is 6. The van der Waals surface area contributed by atoms with Crippen LogP contribution in [0.15, 0.2) is 34.9 Å². The van der Waals surface area contributed by atoms with E-state index < -0.39 is 0 Å². The largest absolute Gasteiger partial charge is 0.448 e. The molecule has 24 heavy (non-hydrogen) atoms. The lowest BCUT2D eigenvalue weighted by molar-refractivity contribution is 0.138. The zero-order chi connectivity index (χ0) is 16.4. The second-order valence-corrected chi connectivity index (χ2v) is 6.25. The van der Waals surface area contributed by atoms with Crippen LogP contribution in [0.2, 0.25) is 0 Å². The number of carbonyl (C=O) groups is 1. The third kappa shape index (κ3) is 3.06. The summed E-state index contributed by atoms with van der Waals surface area (Å²) in [4.78, 5) is 17.9. The highest BCUT2D eigenvalue weighted by atomic mass is 16.6. The van der Waals surface area contributed by atoms with Gasteiger partial charge >= 0.3 is 6.09 Å². The fourth-order valence-electron chi connectivity index (χ4n) is 3.43. The highest BCUT2D eigenvalue weighted by Gasteiger charge is 2.33. The standard InChI is InChI=1S/C17H20N4O3/c22-17-21(10-11-23-17)14-8-6-13(7-9-14)18-16-19-15(24-20-16)12-4-2-1-3-5-12/h1-5,13-14H,6-11H2,(H,18,20). The molecule has 1 aliphatic carbocycles. The maximum atomic E-state index is 11.6. The lowest BCUT2D eigenvalue weighted by atomic mass is 9.90. The van der Waals surface area contributed by atoms with Gasteiger partial charge in [0.05, 0.1) is 6.54 Å². The first-order valence-corrected chi connectivity index (χ1v) is 8.38. The van der Waals surface area contributed by atoms with Crippen LogP contribution in [-0.2, 0) is 4.74 Å². The molecule has 4 rings (SSSR count). The van der Waals surface area contributed by atoms with E-state index in [1.807, 2.05) is 35.2 Å². The van der Waals surface area contributed by atoms with Gasteiger partial charge in [0.2, 0.25) is 0 Å². The Morgan fingerprint density at radius 2 is 1.92 bits per heavy atom. The van der Waals surface area contributed by atoms with Crippen LogP contribution in [-0.4, -0.2) is 46.4 Å². The smallest absolute Gasteiger partial charge is 0.410 e. The van der Waals surface area contributed by atoms with Gasteiger partial charge in [-0.2, -0.15) is 4.98 Å². The summed E-state index contributed by atoms with van der Waals surface area (Å²) in [6.07, 6.45) is 3.72. The molecule has 0 unspecified atom stereocenters. The average Bonchev–Trinajstić information content (AvgIpc) is 3.26. The molecule has 2 heterocycles. The summed E-state index contributed by atoms with van der Waals surface area (Å²) in [5, 5.41) is 7.36. The molecule has 1 saturated heterocycles. The van der Waals surface area contributed by atoms with E-state index in [4.69, 9.17) is 9.26 Å². The number of rotatable bonds is 4. The van der Waals surface area contributed by atoms with E-state index in [2.05, 4.69) is 15.5 Å². The summed E-state index contributed by atoms with van der Waals surface area (Å²) in [5.41, 5.74) is 0.911. The number of ether oxygens (including phenoxy) is 1. The van der Waals surface area contributed by atoms with E-state index in [1.165, 1.54) is 0 Å². The molecule has 0 spiro atoms. The Morgan fingerprint density at radius 1 is 1.12 bits per heavy atom. The van der Waals surface area contributed by atoms with Crippen molar-refractivity contribution in [1.82, 2.24) is 15.0 Å². The molecule has 1 aliphatic heterocycles. The van der Waals surface area contributed by atoms with Gasteiger partial charge in [-0.1, -0.05) is 18.2 Å². The SMILES string of the molecule is O=C1OCCN1C1CCC(Nc2noc(-c3ccccc3)n2)CC1. The monoisotopic (exact) mass is 328 g/mol. The van der Waals surface area contributed by atoms with Gasteiger partial charge in [-0.3, -0.25) is 0 Å². The number of benzene rings is 1. The predicted octanol–water partition coefficient (Wildman–Crippen LogP) is 2.91. The van der Waals surface area contributed by atoms with Crippen molar-refractivity contribution in [3.05, 3.63) is 30.3 Å². The second-order valence-electron chi connectivity index (χ2n) is 6.25. The molecule has 1 aromatic heterocycles. The number of nitrogens with one attached hydrogen (secondary N) is 1. The number of cyclic esters (lactones) is 1. The molecule has 1 N–H and O–H groups in total. The van der Waals surface area contributed by atoms with Gasteiger partial charge in [0.15, 0.2) is 0 Å². The van der Waals surface area contributed by atoms with E-state index in [1.54, 1.807) is 0 Å². The van der Waals surface area contributed by atoms with E-state index >= 15 is 0 Å². The zero-order valence-corrected chi connectivity index (χ0v) is 13.4. The molecule has 7 heteroatoms. The molecule has 0 atom stereocenters. The summed E-state index contributed by atoms with van der Waals surface area (Å²) in [6, 6.07) is 10.3. The van der Waals surface area contributed by atoms with E-state index in [0.717, 1.165) is 31.2 Å². The van der Waals surface area contributed by atoms with Crippen LogP contribution in [0.3, 0.4) is 0 Å². The Balaban J connectivity index is 1.33. The molecular weight excluding hydrogens is 308 g/mol. The normalized spacial score (nSPS) is 24.0. The fraction of sp³-hybridized carbons (Fsp3) is 0.471. The lowest BCUT2D eigenvalue weighted by Gasteiger charge is -2.33. The number of amides is 1. The van der Waals surface area contributed by atoms with Crippen LogP contribution in [0.25, 0.3) is 11.5 Å². The van der Waals surface area contributed by atoms with Gasteiger partial charge in [-0.25, -0.2) is 4.79 Å². The van der Waals surface area contributed by atoms with Gasteiger partial charge in [-0.05, 0) is 43.0 Å². The molecule has 2 aliphatic rings. The van der Waals surface area contributed by atoms with Crippen molar-refractivity contribution in [3.63, 3.8) is 0 Å². The van der Waals surface area contributed by atoms with Gasteiger partial charge in [0.25, 0.3) is 11.8 Å². The van der Waals surface area contributed by atoms with Crippen molar-refractivity contribution in [2.75, 3.05) is 18.5 Å². The Bertz CT molecular complexity index is 695. The molecule has 2 fully saturated rings. The van der Waals surface area contributed by atoms with E-state index in [0.29, 0.717) is 37.1 Å². The first-order chi connectivity index (χ1) is 11.8. The Hall–Kier alpha value is -2.57. The number of nitrogens with zero attached hydrogens (tertiary/aromatic N) is 3. The summed E-state index contributed by atoms with van der Waals surface area (Å²) < 4.78 is 10.3. The maximum Gasteiger partial charge on any atom is 0.410 e. The van der Waals surface area contributed by atoms with Gasteiger partial charge in [-0.15, -0.1) is 0 Å². The molecule has 0 bridgehead atoms. The first-order valence-electron chi connectivity index (χ1n) is 8.38. The van der Waals surface area contributed by atoms with Crippen LogP contribution in [0, 0.1) is 0 Å². The first kappa shape index (κ1) is 15.0. The second kappa shape index (κ2) is 6.51. The van der Waals surface area contributed by atoms with Crippen molar-refractivity contribution in [1.29, 1.82) is 0 Å². The Labute approximate surface area is 140 Å². The number of anilines is 1. The van der Waals surface area contributed by atoms with Crippen LogP contribution < -0.4 is 5.32 Å². The minimum Gasteiger partial charge on any atom is -0.448 e. The van der Waals surface area contributed by atoms with Crippen molar-refractivity contribution >= 4 is 12.0 Å². The van der Waals surface area contributed by atoms with Gasteiger partial charge in [0, 0.05) is 17.6 Å². The quantitative estimate of drug-likeness (QED) is 0.929. The third-order valence-electron chi connectivity index (χ3n) is 4.71. The van der Waals surface area contributed by atoms with E-state index in [9.17, 15) is 4.79 Å². The predicted molar refractivity (Wildman–Crippen MR) is 87.5 cm³/mol. The molecule has 1 amide bonds. The molecule has 1 aromatic carbocycles. The summed E-state index contributed by atoms with van der Waals surface area (Å²) >= 11 is 0. The van der Waals surface area contributed by atoms with Crippen LogP contribution in [0.5, 0.6) is 0 Å². The van der Waals surface area contributed by atoms with Gasteiger partial charge < -0.3 is 19.5 Å². The van der Waals surface area contributed by atoms with Gasteiger partial charge in [0.1, 0.15) is 6.61 Å². The van der Waals surface area contributed by atoms with Crippen molar-refractivity contribution < 1.29 is 14.1 Å². The fourth-order valence-corrected chi connectivity index (χ4v) is 3.43. The zero-order valence-electron chi connectivity index (χ0n) is 13.4. The number of carbonyl (C=O) groups excluding carboxylic acids is 1. The van der Waals surface area contributed by atoms with Crippen LogP contribution >= 0.6 is 0 Å². The third-order valence-corrected chi connectivity index (χ3v) is 4.71. The summed E-state index contributed by atoms with van der Waals surface area (Å²) in [5.74, 6) is 1.05. The summed E-state index contributed by atoms with van der Waals surface area (Å²) in [7, 11) is 0. The minimum absolute atomic E-state index is 0.169. The Kier molecular flexibility index (Phi) is 4.06.